The van der Waals surface area contributed by atoms with Gasteiger partial charge in [-0.25, -0.2) is 0 Å². The van der Waals surface area contributed by atoms with E-state index in [2.05, 4.69) is 25.1 Å². The minimum atomic E-state index is -0.00240. The second-order valence-electron chi connectivity index (χ2n) is 5.59. The lowest BCUT2D eigenvalue weighted by Gasteiger charge is -2.29. The largest absolute Gasteiger partial charge is 0.490 e. The lowest BCUT2D eigenvalue weighted by molar-refractivity contribution is 0.0206. The first kappa shape index (κ1) is 14.4. The van der Waals surface area contributed by atoms with E-state index in [4.69, 9.17) is 15.2 Å². The van der Waals surface area contributed by atoms with Crippen LogP contribution in [0, 0.1) is 6.92 Å². The Morgan fingerprint density at radius 3 is 2.68 bits per heavy atom. The zero-order chi connectivity index (χ0) is 13.8. The van der Waals surface area contributed by atoms with Gasteiger partial charge >= 0.3 is 0 Å². The van der Waals surface area contributed by atoms with Gasteiger partial charge in [-0.15, -0.1) is 0 Å². The number of aryl methyl sites for hydroxylation is 1. The Bertz CT molecular complexity index is 417. The zero-order valence-corrected chi connectivity index (χ0v) is 12.2. The first-order valence-corrected chi connectivity index (χ1v) is 7.15. The van der Waals surface area contributed by atoms with Gasteiger partial charge in [0.15, 0.2) is 0 Å². The molecular formula is C16H25NO2. The number of methoxy groups -OCH3 is 1. The Morgan fingerprint density at radius 1 is 1.26 bits per heavy atom. The molecule has 0 radical (unpaired) electrons. The highest BCUT2D eigenvalue weighted by Crippen LogP contribution is 2.30. The van der Waals surface area contributed by atoms with Gasteiger partial charge in [-0.3, -0.25) is 0 Å². The number of hydrogen-bond donors (Lipinski definition) is 1. The van der Waals surface area contributed by atoms with Crippen LogP contribution in [0.15, 0.2) is 18.2 Å². The molecule has 1 aromatic carbocycles. The average molecular weight is 263 g/mol. The van der Waals surface area contributed by atoms with E-state index in [1.807, 2.05) is 6.92 Å². The molecule has 0 aromatic heterocycles. The van der Waals surface area contributed by atoms with Gasteiger partial charge in [-0.1, -0.05) is 12.1 Å². The molecule has 1 aliphatic rings. The summed E-state index contributed by atoms with van der Waals surface area (Å²) in [4.78, 5) is 0. The molecule has 106 valence electrons. The molecule has 1 aromatic rings. The van der Waals surface area contributed by atoms with Crippen molar-refractivity contribution in [2.45, 2.75) is 57.8 Å². The summed E-state index contributed by atoms with van der Waals surface area (Å²) in [5.41, 5.74) is 8.31. The van der Waals surface area contributed by atoms with Gasteiger partial charge < -0.3 is 15.2 Å². The van der Waals surface area contributed by atoms with Crippen LogP contribution >= 0.6 is 0 Å². The molecule has 0 aliphatic heterocycles. The topological polar surface area (TPSA) is 44.5 Å². The number of nitrogens with two attached hydrogens (primary N) is 1. The predicted molar refractivity (Wildman–Crippen MR) is 77.5 cm³/mol. The maximum atomic E-state index is 6.20. The molecule has 0 heterocycles. The van der Waals surface area contributed by atoms with E-state index in [9.17, 15) is 0 Å². The van der Waals surface area contributed by atoms with Crippen molar-refractivity contribution in [3.8, 4) is 5.75 Å². The van der Waals surface area contributed by atoms with Crippen LogP contribution in [0.25, 0.3) is 0 Å². The SMILES string of the molecule is COC1CCCC(Oc2cc(C)ccc2C(C)N)C1. The van der Waals surface area contributed by atoms with Crippen molar-refractivity contribution in [1.82, 2.24) is 0 Å². The van der Waals surface area contributed by atoms with Crippen LogP contribution in [-0.4, -0.2) is 19.3 Å². The van der Waals surface area contributed by atoms with Gasteiger partial charge in [0.25, 0.3) is 0 Å². The monoisotopic (exact) mass is 263 g/mol. The van der Waals surface area contributed by atoms with Gasteiger partial charge in [0.1, 0.15) is 11.9 Å². The summed E-state index contributed by atoms with van der Waals surface area (Å²) in [5.74, 6) is 0.941. The van der Waals surface area contributed by atoms with Gasteiger partial charge in [0, 0.05) is 25.1 Å². The van der Waals surface area contributed by atoms with Crippen LogP contribution in [0.3, 0.4) is 0 Å². The van der Waals surface area contributed by atoms with Crippen molar-refractivity contribution < 1.29 is 9.47 Å². The Morgan fingerprint density at radius 2 is 2.00 bits per heavy atom. The fourth-order valence-corrected chi connectivity index (χ4v) is 2.72. The molecule has 3 unspecified atom stereocenters. The first-order valence-electron chi connectivity index (χ1n) is 7.15. The van der Waals surface area contributed by atoms with Crippen molar-refractivity contribution in [1.29, 1.82) is 0 Å². The number of rotatable bonds is 4. The van der Waals surface area contributed by atoms with Gasteiger partial charge in [-0.05, 0) is 44.7 Å². The molecule has 1 saturated carbocycles. The van der Waals surface area contributed by atoms with E-state index in [0.717, 1.165) is 30.6 Å². The highest BCUT2D eigenvalue weighted by molar-refractivity contribution is 5.39. The minimum Gasteiger partial charge on any atom is -0.490 e. The third-order valence-corrected chi connectivity index (χ3v) is 3.86. The van der Waals surface area contributed by atoms with Crippen molar-refractivity contribution in [3.05, 3.63) is 29.3 Å². The number of ether oxygens (including phenoxy) is 2. The summed E-state index contributed by atoms with van der Waals surface area (Å²) in [6.45, 7) is 4.08. The molecule has 0 bridgehead atoms. The minimum absolute atomic E-state index is 0.00240. The average Bonchev–Trinajstić information content (AvgIpc) is 2.38. The molecular weight excluding hydrogens is 238 g/mol. The highest BCUT2D eigenvalue weighted by atomic mass is 16.5. The first-order chi connectivity index (χ1) is 9.10. The maximum Gasteiger partial charge on any atom is 0.124 e. The molecule has 19 heavy (non-hydrogen) atoms. The molecule has 3 nitrogen and oxygen atoms in total. The van der Waals surface area contributed by atoms with Crippen molar-refractivity contribution in [2.75, 3.05) is 7.11 Å². The second-order valence-corrected chi connectivity index (χ2v) is 5.59. The van der Waals surface area contributed by atoms with Crippen LogP contribution in [-0.2, 0) is 4.74 Å². The number of hydrogen-bond acceptors (Lipinski definition) is 3. The summed E-state index contributed by atoms with van der Waals surface area (Å²) in [7, 11) is 1.78. The molecule has 1 aliphatic carbocycles. The molecule has 2 N–H and O–H groups in total. The fourth-order valence-electron chi connectivity index (χ4n) is 2.72. The molecule has 3 atom stereocenters. The van der Waals surface area contributed by atoms with Gasteiger partial charge in [-0.2, -0.15) is 0 Å². The lowest BCUT2D eigenvalue weighted by Crippen LogP contribution is -2.30. The van der Waals surface area contributed by atoms with E-state index in [0.29, 0.717) is 6.10 Å². The third-order valence-electron chi connectivity index (χ3n) is 3.86. The molecule has 3 heteroatoms. The lowest BCUT2D eigenvalue weighted by atomic mass is 9.94. The van der Waals surface area contributed by atoms with Gasteiger partial charge in [0.05, 0.1) is 6.10 Å². The summed E-state index contributed by atoms with van der Waals surface area (Å²) in [5, 5.41) is 0. The van der Waals surface area contributed by atoms with Crippen molar-refractivity contribution in [2.24, 2.45) is 5.73 Å². The highest BCUT2D eigenvalue weighted by Gasteiger charge is 2.24. The molecule has 0 saturated heterocycles. The van der Waals surface area contributed by atoms with Crippen LogP contribution in [0.5, 0.6) is 5.75 Å². The third kappa shape index (κ3) is 3.71. The maximum absolute atomic E-state index is 6.20. The summed E-state index contributed by atoms with van der Waals surface area (Å²) < 4.78 is 11.7. The van der Waals surface area contributed by atoms with E-state index >= 15 is 0 Å². The second kappa shape index (κ2) is 6.40. The van der Waals surface area contributed by atoms with E-state index in [1.54, 1.807) is 7.11 Å². The van der Waals surface area contributed by atoms with E-state index in [1.165, 1.54) is 12.0 Å². The Kier molecular flexibility index (Phi) is 4.83. The van der Waals surface area contributed by atoms with Crippen LogP contribution in [0.2, 0.25) is 0 Å². The van der Waals surface area contributed by atoms with E-state index in [-0.39, 0.29) is 12.1 Å². The normalized spacial score (nSPS) is 25.1. The molecule has 0 spiro atoms. The van der Waals surface area contributed by atoms with Crippen molar-refractivity contribution >= 4 is 0 Å². The quantitative estimate of drug-likeness (QED) is 0.906. The molecule has 2 rings (SSSR count). The fraction of sp³-hybridized carbons (Fsp3) is 0.625. The Labute approximate surface area is 116 Å². The van der Waals surface area contributed by atoms with Crippen LogP contribution in [0.4, 0.5) is 0 Å². The standard InChI is InChI=1S/C16H25NO2/c1-11-7-8-15(12(2)17)16(9-11)19-14-6-4-5-13(10-14)18-3/h7-9,12-14H,4-6,10,17H2,1-3H3. The van der Waals surface area contributed by atoms with Crippen LogP contribution in [0.1, 0.15) is 49.8 Å². The summed E-state index contributed by atoms with van der Waals surface area (Å²) in [6, 6.07) is 6.25. The summed E-state index contributed by atoms with van der Waals surface area (Å²) in [6.07, 6.45) is 4.97. The van der Waals surface area contributed by atoms with Crippen molar-refractivity contribution in [3.63, 3.8) is 0 Å². The summed E-state index contributed by atoms with van der Waals surface area (Å²) >= 11 is 0. The predicted octanol–water partition coefficient (Wildman–Crippen LogP) is 3.35. The zero-order valence-electron chi connectivity index (χ0n) is 12.2. The molecule has 0 amide bonds. The van der Waals surface area contributed by atoms with E-state index < -0.39 is 0 Å². The Balaban J connectivity index is 2.11. The smallest absolute Gasteiger partial charge is 0.124 e. The Hall–Kier alpha value is -1.06. The van der Waals surface area contributed by atoms with Crippen LogP contribution < -0.4 is 10.5 Å². The number of benzene rings is 1. The molecule has 1 fully saturated rings. The van der Waals surface area contributed by atoms with Gasteiger partial charge in [0.2, 0.25) is 0 Å².